The predicted octanol–water partition coefficient (Wildman–Crippen LogP) is 2.20. The number of anilines is 1. The van der Waals surface area contributed by atoms with E-state index in [1.165, 1.54) is 31.2 Å². The van der Waals surface area contributed by atoms with Gasteiger partial charge < -0.3 is 14.8 Å². The molecule has 2 aromatic rings. The van der Waals surface area contributed by atoms with Gasteiger partial charge in [-0.05, 0) is 62.2 Å². The Bertz CT molecular complexity index is 1120. The smallest absolute Gasteiger partial charge is 0.338 e. The SMILES string of the molecule is C[C@@H](OC(=O)c1cccc(S(=O)(=O)NC[C@@H]2CCCO2)c1)C(=O)Nc1ccc(C#N)cc1. The molecule has 1 fully saturated rings. The van der Waals surface area contributed by atoms with Crippen LogP contribution in [0.15, 0.2) is 53.4 Å². The van der Waals surface area contributed by atoms with Gasteiger partial charge in [0.05, 0.1) is 28.2 Å². The molecule has 0 aliphatic carbocycles. The largest absolute Gasteiger partial charge is 0.449 e. The third kappa shape index (κ3) is 6.13. The molecule has 32 heavy (non-hydrogen) atoms. The Hall–Kier alpha value is -3.26. The Balaban J connectivity index is 1.60. The maximum Gasteiger partial charge on any atom is 0.338 e. The summed E-state index contributed by atoms with van der Waals surface area (Å²) in [5.41, 5.74) is 0.896. The number of esters is 1. The molecule has 1 aliphatic heterocycles. The molecule has 0 unspecified atom stereocenters. The second-order valence-corrected chi connectivity index (χ2v) is 9.01. The average Bonchev–Trinajstić information content (AvgIpc) is 3.32. The van der Waals surface area contributed by atoms with Crippen LogP contribution in [-0.4, -0.2) is 45.7 Å². The van der Waals surface area contributed by atoms with Crippen LogP contribution in [0.2, 0.25) is 0 Å². The summed E-state index contributed by atoms with van der Waals surface area (Å²) in [4.78, 5) is 24.7. The molecule has 3 rings (SSSR count). The van der Waals surface area contributed by atoms with Crippen LogP contribution in [0.4, 0.5) is 5.69 Å². The Labute approximate surface area is 186 Å². The Morgan fingerprint density at radius 3 is 2.66 bits per heavy atom. The van der Waals surface area contributed by atoms with E-state index < -0.39 is 28.0 Å². The number of hydrogen-bond acceptors (Lipinski definition) is 7. The van der Waals surface area contributed by atoms with Crippen LogP contribution >= 0.6 is 0 Å². The van der Waals surface area contributed by atoms with E-state index in [1.807, 2.05) is 6.07 Å². The van der Waals surface area contributed by atoms with Crippen LogP contribution in [0, 0.1) is 11.3 Å². The van der Waals surface area contributed by atoms with Gasteiger partial charge in [0.1, 0.15) is 0 Å². The van der Waals surface area contributed by atoms with E-state index in [0.717, 1.165) is 12.8 Å². The zero-order valence-corrected chi connectivity index (χ0v) is 18.2. The summed E-state index contributed by atoms with van der Waals surface area (Å²) >= 11 is 0. The van der Waals surface area contributed by atoms with E-state index in [-0.39, 0.29) is 23.1 Å². The maximum atomic E-state index is 12.5. The fraction of sp³-hybridized carbons (Fsp3) is 0.318. The molecule has 1 aliphatic rings. The zero-order valence-electron chi connectivity index (χ0n) is 17.4. The molecule has 0 saturated carbocycles. The van der Waals surface area contributed by atoms with E-state index in [4.69, 9.17) is 14.7 Å². The Morgan fingerprint density at radius 1 is 1.25 bits per heavy atom. The number of benzene rings is 2. The van der Waals surface area contributed by atoms with Gasteiger partial charge in [-0.3, -0.25) is 4.79 Å². The van der Waals surface area contributed by atoms with Crippen LogP contribution in [0.5, 0.6) is 0 Å². The molecule has 1 heterocycles. The Morgan fingerprint density at radius 2 is 2.00 bits per heavy atom. The average molecular weight is 458 g/mol. The number of nitrogens with one attached hydrogen (secondary N) is 2. The van der Waals surface area contributed by atoms with Gasteiger partial charge in [-0.1, -0.05) is 6.07 Å². The highest BCUT2D eigenvalue weighted by atomic mass is 32.2. The second-order valence-electron chi connectivity index (χ2n) is 7.24. The standard InChI is InChI=1S/C22H23N3O6S/c1-15(21(26)25-18-9-7-16(13-23)8-10-18)31-22(27)17-4-2-6-20(12-17)32(28,29)24-14-19-5-3-11-30-19/h2,4,6-10,12,15,19,24H,3,5,11,14H2,1H3,(H,25,26)/t15-,19+/m1/s1. The van der Waals surface area contributed by atoms with Crippen LogP contribution < -0.4 is 10.0 Å². The third-order valence-electron chi connectivity index (χ3n) is 4.84. The van der Waals surface area contributed by atoms with Gasteiger partial charge in [0.25, 0.3) is 5.91 Å². The lowest BCUT2D eigenvalue weighted by Gasteiger charge is -2.14. The van der Waals surface area contributed by atoms with Gasteiger partial charge in [-0.15, -0.1) is 0 Å². The van der Waals surface area contributed by atoms with Crippen molar-refractivity contribution in [2.45, 2.75) is 36.9 Å². The topological polar surface area (TPSA) is 135 Å². The molecule has 2 N–H and O–H groups in total. The number of hydrogen-bond donors (Lipinski definition) is 2. The first kappa shape index (κ1) is 23.4. The van der Waals surface area contributed by atoms with Crippen molar-refractivity contribution in [1.82, 2.24) is 4.72 Å². The quantitative estimate of drug-likeness (QED) is 0.580. The van der Waals surface area contributed by atoms with Crippen LogP contribution in [0.3, 0.4) is 0 Å². The highest BCUT2D eigenvalue weighted by molar-refractivity contribution is 7.89. The number of amides is 1. The fourth-order valence-corrected chi connectivity index (χ4v) is 4.15. The Kier molecular flexibility index (Phi) is 7.58. The second kappa shape index (κ2) is 10.4. The van der Waals surface area contributed by atoms with Crippen molar-refractivity contribution < 1.29 is 27.5 Å². The van der Waals surface area contributed by atoms with Gasteiger partial charge in [-0.25, -0.2) is 17.9 Å². The first-order valence-corrected chi connectivity index (χ1v) is 11.5. The van der Waals surface area contributed by atoms with E-state index in [0.29, 0.717) is 17.9 Å². The molecule has 0 bridgehead atoms. The number of carbonyl (C=O) groups excluding carboxylic acids is 2. The lowest BCUT2D eigenvalue weighted by molar-refractivity contribution is -0.123. The minimum absolute atomic E-state index is 0.00279. The van der Waals surface area contributed by atoms with Gasteiger partial charge >= 0.3 is 5.97 Å². The number of carbonyl (C=O) groups is 2. The normalized spacial score (nSPS) is 16.7. The summed E-state index contributed by atoms with van der Waals surface area (Å²) in [5, 5.41) is 11.4. The highest BCUT2D eigenvalue weighted by Gasteiger charge is 2.23. The molecule has 9 nitrogen and oxygen atoms in total. The molecule has 2 atom stereocenters. The summed E-state index contributed by atoms with van der Waals surface area (Å²) in [6, 6.07) is 13.6. The monoisotopic (exact) mass is 457 g/mol. The van der Waals surface area contributed by atoms with E-state index in [2.05, 4.69) is 10.0 Å². The molecule has 10 heteroatoms. The molecule has 0 aromatic heterocycles. The zero-order chi connectivity index (χ0) is 23.1. The number of nitrogens with zero attached hydrogens (tertiary/aromatic N) is 1. The molecule has 1 amide bonds. The van der Waals surface area contributed by atoms with Gasteiger partial charge in [-0.2, -0.15) is 5.26 Å². The van der Waals surface area contributed by atoms with Crippen LogP contribution in [0.25, 0.3) is 0 Å². The molecule has 1 saturated heterocycles. The molecule has 0 radical (unpaired) electrons. The minimum atomic E-state index is -3.84. The molecular weight excluding hydrogens is 434 g/mol. The predicted molar refractivity (Wildman–Crippen MR) is 115 cm³/mol. The van der Waals surface area contributed by atoms with E-state index >= 15 is 0 Å². The highest BCUT2D eigenvalue weighted by Crippen LogP contribution is 2.16. The summed E-state index contributed by atoms with van der Waals surface area (Å²) in [6.45, 7) is 2.18. The van der Waals surface area contributed by atoms with Crippen LogP contribution in [-0.2, 0) is 24.3 Å². The van der Waals surface area contributed by atoms with Crippen molar-refractivity contribution in [2.24, 2.45) is 0 Å². The number of sulfonamides is 1. The van der Waals surface area contributed by atoms with Crippen molar-refractivity contribution in [2.75, 3.05) is 18.5 Å². The lowest BCUT2D eigenvalue weighted by atomic mass is 10.2. The number of rotatable bonds is 8. The molecule has 0 spiro atoms. The number of nitriles is 1. The molecule has 168 valence electrons. The van der Waals surface area contributed by atoms with Gasteiger partial charge in [0.2, 0.25) is 10.0 Å². The van der Waals surface area contributed by atoms with Gasteiger partial charge in [0.15, 0.2) is 6.10 Å². The van der Waals surface area contributed by atoms with Crippen LogP contribution in [0.1, 0.15) is 35.7 Å². The fourth-order valence-electron chi connectivity index (χ4n) is 3.04. The van der Waals surface area contributed by atoms with Crippen molar-refractivity contribution in [3.8, 4) is 6.07 Å². The first-order chi connectivity index (χ1) is 15.3. The molecule has 2 aromatic carbocycles. The number of ether oxygens (including phenoxy) is 2. The summed E-state index contributed by atoms with van der Waals surface area (Å²) in [7, 11) is -3.84. The summed E-state index contributed by atoms with van der Waals surface area (Å²) in [6.07, 6.45) is 0.395. The minimum Gasteiger partial charge on any atom is -0.449 e. The van der Waals surface area contributed by atoms with Crippen molar-refractivity contribution in [1.29, 1.82) is 5.26 Å². The maximum absolute atomic E-state index is 12.5. The first-order valence-electron chi connectivity index (χ1n) is 10.0. The van der Waals surface area contributed by atoms with Gasteiger partial charge in [0, 0.05) is 18.8 Å². The summed E-state index contributed by atoms with van der Waals surface area (Å²) < 4.78 is 38.2. The van der Waals surface area contributed by atoms with Crippen molar-refractivity contribution in [3.63, 3.8) is 0 Å². The van der Waals surface area contributed by atoms with E-state index in [1.54, 1.807) is 24.3 Å². The van der Waals surface area contributed by atoms with E-state index in [9.17, 15) is 18.0 Å². The van der Waals surface area contributed by atoms with Crippen molar-refractivity contribution >= 4 is 27.6 Å². The lowest BCUT2D eigenvalue weighted by Crippen LogP contribution is -2.32. The summed E-state index contributed by atoms with van der Waals surface area (Å²) in [5.74, 6) is -1.39. The third-order valence-corrected chi connectivity index (χ3v) is 6.26. The van der Waals surface area contributed by atoms with Crippen molar-refractivity contribution in [3.05, 3.63) is 59.7 Å². The molecular formula is C22H23N3O6S.